The minimum Gasteiger partial charge on any atom is -0.497 e. The van der Waals surface area contributed by atoms with Crippen LogP contribution >= 0.6 is 0 Å². The number of methoxy groups -OCH3 is 3. The summed E-state index contributed by atoms with van der Waals surface area (Å²) in [5.74, 6) is 2.33. The summed E-state index contributed by atoms with van der Waals surface area (Å²) in [6, 6.07) is 19.5. The Morgan fingerprint density at radius 1 is 0.921 bits per heavy atom. The highest BCUT2D eigenvalue weighted by Crippen LogP contribution is 2.39. The number of hydrogen-bond donors (Lipinski definition) is 0. The Morgan fingerprint density at radius 2 is 1.66 bits per heavy atom. The van der Waals surface area contributed by atoms with Gasteiger partial charge >= 0.3 is 5.63 Å². The standard InChI is InChI=1S/C30H29NO7/c1-34-21-10-8-19(9-11-21)14-29(32)31-13-12-20-15-27(35-2)28(36-3)16-23(20)24(31)18-37-26-17-30(33)38-25-7-5-4-6-22(25)26/h4-11,15-17,24H,12-14,18H2,1-3H3. The smallest absolute Gasteiger partial charge is 0.339 e. The number of nitrogens with zero attached hydrogens (tertiary/aromatic N) is 1. The normalized spacial score (nSPS) is 14.6. The average molecular weight is 516 g/mol. The van der Waals surface area contributed by atoms with E-state index in [2.05, 4.69) is 0 Å². The number of rotatable bonds is 8. The van der Waals surface area contributed by atoms with Gasteiger partial charge in [-0.25, -0.2) is 4.79 Å². The van der Waals surface area contributed by atoms with Gasteiger partial charge in [-0.2, -0.15) is 0 Å². The number of carbonyl (C=O) groups is 1. The van der Waals surface area contributed by atoms with Crippen LogP contribution < -0.4 is 24.6 Å². The molecule has 4 aromatic rings. The number of benzene rings is 3. The van der Waals surface area contributed by atoms with E-state index in [-0.39, 0.29) is 18.9 Å². The van der Waals surface area contributed by atoms with Crippen LogP contribution in [0.1, 0.15) is 22.7 Å². The molecule has 1 aliphatic heterocycles. The Hall–Kier alpha value is -4.46. The van der Waals surface area contributed by atoms with Crippen molar-refractivity contribution >= 4 is 16.9 Å². The van der Waals surface area contributed by atoms with Crippen molar-refractivity contribution in [2.45, 2.75) is 18.9 Å². The molecule has 1 aromatic heterocycles. The Morgan fingerprint density at radius 3 is 2.39 bits per heavy atom. The molecule has 0 saturated heterocycles. The number of para-hydroxylation sites is 1. The van der Waals surface area contributed by atoms with Gasteiger partial charge in [0.2, 0.25) is 5.91 Å². The number of ether oxygens (including phenoxy) is 4. The van der Waals surface area contributed by atoms with Gasteiger partial charge in [-0.1, -0.05) is 24.3 Å². The van der Waals surface area contributed by atoms with E-state index in [1.807, 2.05) is 53.4 Å². The molecular formula is C30H29NO7. The zero-order valence-electron chi connectivity index (χ0n) is 21.6. The summed E-state index contributed by atoms with van der Waals surface area (Å²) < 4.78 is 27.9. The van der Waals surface area contributed by atoms with Crippen molar-refractivity contribution in [3.63, 3.8) is 0 Å². The van der Waals surface area contributed by atoms with Crippen molar-refractivity contribution < 1.29 is 28.2 Å². The van der Waals surface area contributed by atoms with Crippen LogP contribution in [0.15, 0.2) is 75.9 Å². The van der Waals surface area contributed by atoms with Crippen molar-refractivity contribution in [1.82, 2.24) is 4.90 Å². The van der Waals surface area contributed by atoms with E-state index in [0.29, 0.717) is 41.2 Å². The van der Waals surface area contributed by atoms with E-state index in [1.165, 1.54) is 6.07 Å². The molecule has 0 aliphatic carbocycles. The van der Waals surface area contributed by atoms with Gasteiger partial charge in [0, 0.05) is 6.54 Å². The molecule has 8 heteroatoms. The molecule has 0 bridgehead atoms. The molecule has 1 amide bonds. The second-order valence-corrected chi connectivity index (χ2v) is 9.02. The lowest BCUT2D eigenvalue weighted by Crippen LogP contribution is -2.43. The minimum atomic E-state index is -0.499. The van der Waals surface area contributed by atoms with Crippen molar-refractivity contribution in [1.29, 1.82) is 0 Å². The fraction of sp³-hybridized carbons (Fsp3) is 0.267. The first-order chi connectivity index (χ1) is 18.5. The minimum absolute atomic E-state index is 0.0263. The van der Waals surface area contributed by atoms with Gasteiger partial charge in [0.1, 0.15) is 23.7 Å². The third kappa shape index (κ3) is 5.02. The molecule has 38 heavy (non-hydrogen) atoms. The van der Waals surface area contributed by atoms with Crippen molar-refractivity contribution in [3.8, 4) is 23.0 Å². The lowest BCUT2D eigenvalue weighted by molar-refractivity contribution is -0.134. The van der Waals surface area contributed by atoms with Crippen molar-refractivity contribution in [2.24, 2.45) is 0 Å². The van der Waals surface area contributed by atoms with Crippen LogP contribution in [0.4, 0.5) is 0 Å². The molecule has 0 radical (unpaired) electrons. The summed E-state index contributed by atoms with van der Waals surface area (Å²) in [6.07, 6.45) is 0.902. The first-order valence-corrected chi connectivity index (χ1v) is 12.3. The van der Waals surface area contributed by atoms with Crippen LogP contribution in [0.3, 0.4) is 0 Å². The van der Waals surface area contributed by atoms with Crippen LogP contribution in [0, 0.1) is 0 Å². The van der Waals surface area contributed by atoms with Gasteiger partial charge in [-0.15, -0.1) is 0 Å². The summed E-state index contributed by atoms with van der Waals surface area (Å²) in [5.41, 5.74) is 2.81. The van der Waals surface area contributed by atoms with E-state index >= 15 is 0 Å². The molecule has 8 nitrogen and oxygen atoms in total. The Kier molecular flexibility index (Phi) is 7.22. The Labute approximate surface area is 220 Å². The number of fused-ring (bicyclic) bond motifs is 2. The molecule has 1 unspecified atom stereocenters. The van der Waals surface area contributed by atoms with Gasteiger partial charge in [-0.3, -0.25) is 4.79 Å². The molecule has 5 rings (SSSR count). The first kappa shape index (κ1) is 25.2. The van der Waals surface area contributed by atoms with Gasteiger partial charge in [-0.05, 0) is 59.5 Å². The summed E-state index contributed by atoms with van der Waals surface area (Å²) in [7, 11) is 4.80. The molecule has 0 saturated carbocycles. The molecule has 3 aromatic carbocycles. The summed E-state index contributed by atoms with van der Waals surface area (Å²) in [6.45, 7) is 0.660. The molecule has 0 N–H and O–H groups in total. The predicted molar refractivity (Wildman–Crippen MR) is 142 cm³/mol. The van der Waals surface area contributed by atoms with E-state index in [0.717, 1.165) is 22.4 Å². The zero-order valence-corrected chi connectivity index (χ0v) is 21.6. The molecule has 0 fully saturated rings. The van der Waals surface area contributed by atoms with Crippen LogP contribution in [0.5, 0.6) is 23.0 Å². The molecule has 1 aliphatic rings. The molecule has 0 spiro atoms. The highest BCUT2D eigenvalue weighted by atomic mass is 16.5. The summed E-state index contributed by atoms with van der Waals surface area (Å²) in [4.78, 5) is 27.6. The van der Waals surface area contributed by atoms with Crippen LogP contribution in [-0.4, -0.2) is 45.3 Å². The largest absolute Gasteiger partial charge is 0.497 e. The summed E-state index contributed by atoms with van der Waals surface area (Å²) >= 11 is 0. The average Bonchev–Trinajstić information content (AvgIpc) is 2.95. The number of carbonyl (C=O) groups excluding carboxylic acids is 1. The maximum atomic E-state index is 13.6. The third-order valence-corrected chi connectivity index (χ3v) is 6.85. The molecule has 2 heterocycles. The van der Waals surface area contributed by atoms with Crippen LogP contribution in [0.2, 0.25) is 0 Å². The second-order valence-electron chi connectivity index (χ2n) is 9.02. The molecule has 196 valence electrons. The lowest BCUT2D eigenvalue weighted by Gasteiger charge is -2.37. The van der Waals surface area contributed by atoms with Gasteiger partial charge in [0.05, 0.1) is 45.2 Å². The topological polar surface area (TPSA) is 87.4 Å². The lowest BCUT2D eigenvalue weighted by atomic mass is 9.91. The number of hydrogen-bond acceptors (Lipinski definition) is 7. The Balaban J connectivity index is 1.49. The SMILES string of the molecule is COc1ccc(CC(=O)N2CCc3cc(OC)c(OC)cc3C2COc2cc(=O)oc3ccccc23)cc1. The zero-order chi connectivity index (χ0) is 26.6. The van der Waals surface area contributed by atoms with E-state index < -0.39 is 11.7 Å². The fourth-order valence-electron chi connectivity index (χ4n) is 4.90. The van der Waals surface area contributed by atoms with E-state index in [9.17, 15) is 9.59 Å². The highest BCUT2D eigenvalue weighted by Gasteiger charge is 2.33. The first-order valence-electron chi connectivity index (χ1n) is 12.3. The quantitative estimate of drug-likeness (QED) is 0.318. The third-order valence-electron chi connectivity index (χ3n) is 6.85. The molecule has 1 atom stereocenters. The summed E-state index contributed by atoms with van der Waals surface area (Å²) in [5, 5.41) is 0.687. The van der Waals surface area contributed by atoms with E-state index in [4.69, 9.17) is 23.4 Å². The van der Waals surface area contributed by atoms with Gasteiger partial charge in [0.15, 0.2) is 11.5 Å². The maximum Gasteiger partial charge on any atom is 0.339 e. The highest BCUT2D eigenvalue weighted by molar-refractivity contribution is 5.83. The molecular weight excluding hydrogens is 486 g/mol. The predicted octanol–water partition coefficient (Wildman–Crippen LogP) is 4.57. The van der Waals surface area contributed by atoms with Crippen molar-refractivity contribution in [2.75, 3.05) is 34.5 Å². The van der Waals surface area contributed by atoms with E-state index in [1.54, 1.807) is 33.5 Å². The Bertz CT molecular complexity index is 1510. The fourth-order valence-corrected chi connectivity index (χ4v) is 4.90. The van der Waals surface area contributed by atoms with Gasteiger partial charge in [0.25, 0.3) is 0 Å². The number of amides is 1. The van der Waals surface area contributed by atoms with Crippen LogP contribution in [-0.2, 0) is 17.6 Å². The van der Waals surface area contributed by atoms with Crippen molar-refractivity contribution in [3.05, 3.63) is 93.8 Å². The van der Waals surface area contributed by atoms with Crippen LogP contribution in [0.25, 0.3) is 11.0 Å². The maximum absolute atomic E-state index is 13.6. The monoisotopic (exact) mass is 515 g/mol. The second kappa shape index (κ2) is 10.9. The van der Waals surface area contributed by atoms with Gasteiger partial charge < -0.3 is 28.3 Å².